The van der Waals surface area contributed by atoms with Crippen molar-refractivity contribution in [2.45, 2.75) is 114 Å². The van der Waals surface area contributed by atoms with Crippen LogP contribution in [0.3, 0.4) is 0 Å². The molecule has 0 aromatic rings. The third kappa shape index (κ3) is 7.04. The van der Waals surface area contributed by atoms with Crippen LogP contribution >= 0.6 is 0 Å². The Kier molecular flexibility index (Phi) is 11.6. The first-order valence-electron chi connectivity index (χ1n) is 11.3. The second-order valence-corrected chi connectivity index (χ2v) is 8.34. The summed E-state index contributed by atoms with van der Waals surface area (Å²) in [6, 6.07) is 0. The normalized spacial score (nSPS) is 41.4. The molecule has 0 unspecified atom stereocenters. The number of aliphatic hydroxyl groups is 5. The lowest BCUT2D eigenvalue weighted by Crippen LogP contribution is -2.64. The molecule has 0 saturated carbocycles. The monoisotopic (exact) mass is 452 g/mol. The van der Waals surface area contributed by atoms with E-state index >= 15 is 0 Å². The van der Waals surface area contributed by atoms with Gasteiger partial charge < -0.3 is 49.2 Å². The quantitative estimate of drug-likeness (QED) is 0.249. The molecule has 31 heavy (non-hydrogen) atoms. The molecule has 0 spiro atoms. The highest BCUT2D eigenvalue weighted by Crippen LogP contribution is 2.30. The van der Waals surface area contributed by atoms with Gasteiger partial charge in [-0.05, 0) is 13.3 Å². The number of methoxy groups -OCH3 is 1. The summed E-state index contributed by atoms with van der Waals surface area (Å²) < 4.78 is 27.9. The van der Waals surface area contributed by atoms with Gasteiger partial charge >= 0.3 is 0 Å². The van der Waals surface area contributed by atoms with Gasteiger partial charge in [-0.1, -0.05) is 39.0 Å². The van der Waals surface area contributed by atoms with Gasteiger partial charge in [0.25, 0.3) is 0 Å². The summed E-state index contributed by atoms with van der Waals surface area (Å²) >= 11 is 0. The number of hydrogen-bond acceptors (Lipinski definition) is 10. The van der Waals surface area contributed by atoms with Gasteiger partial charge in [0.1, 0.15) is 42.7 Å². The van der Waals surface area contributed by atoms with Gasteiger partial charge in [0.2, 0.25) is 0 Å². The highest BCUT2D eigenvalue weighted by Gasteiger charge is 2.50. The van der Waals surface area contributed by atoms with Gasteiger partial charge in [-0.15, -0.1) is 0 Å². The topological polar surface area (TPSA) is 147 Å². The molecule has 0 radical (unpaired) electrons. The molecule has 2 aliphatic heterocycles. The molecule has 5 N–H and O–H groups in total. The molecule has 0 bridgehead atoms. The first-order chi connectivity index (χ1) is 14.8. The minimum atomic E-state index is -1.45. The predicted molar refractivity (Wildman–Crippen MR) is 109 cm³/mol. The van der Waals surface area contributed by atoms with Crippen LogP contribution in [0.25, 0.3) is 0 Å². The van der Waals surface area contributed by atoms with Crippen LogP contribution in [0.15, 0.2) is 0 Å². The fourth-order valence-electron chi connectivity index (χ4n) is 4.02. The van der Waals surface area contributed by atoms with Gasteiger partial charge in [0.05, 0.1) is 12.7 Å². The van der Waals surface area contributed by atoms with E-state index in [2.05, 4.69) is 6.92 Å². The molecule has 0 aromatic heterocycles. The van der Waals surface area contributed by atoms with Crippen LogP contribution in [0.4, 0.5) is 0 Å². The first kappa shape index (κ1) is 26.8. The number of unbranched alkanes of at least 4 members (excludes halogenated alkanes) is 5. The molecular weight excluding hydrogens is 412 g/mol. The van der Waals surface area contributed by atoms with E-state index in [1.807, 2.05) is 0 Å². The summed E-state index contributed by atoms with van der Waals surface area (Å²) in [6.07, 6.45) is -5.13. The molecule has 0 amide bonds. The second kappa shape index (κ2) is 13.3. The number of rotatable bonds is 12. The maximum Gasteiger partial charge on any atom is 0.187 e. The molecular formula is C21H40O10. The van der Waals surface area contributed by atoms with Crippen molar-refractivity contribution in [3.63, 3.8) is 0 Å². The molecule has 2 heterocycles. The van der Waals surface area contributed by atoms with Gasteiger partial charge in [-0.2, -0.15) is 0 Å². The lowest BCUT2D eigenvalue weighted by atomic mass is 9.97. The Morgan fingerprint density at radius 3 is 2.06 bits per heavy atom. The third-order valence-electron chi connectivity index (χ3n) is 5.94. The summed E-state index contributed by atoms with van der Waals surface area (Å²) in [7, 11) is 1.40. The maximum atomic E-state index is 10.6. The lowest BCUT2D eigenvalue weighted by Gasteiger charge is -2.46. The molecule has 10 nitrogen and oxygen atoms in total. The van der Waals surface area contributed by atoms with E-state index in [9.17, 15) is 25.5 Å². The standard InChI is InChI=1S/C21H40O10/c1-4-5-6-7-8-9-10-28-21-19(15(24)14(23)13(11-22)30-21)31-20-17(26)16(25)18(27-3)12(2)29-20/h12-26H,4-11H2,1-3H3/t12-,13+,14-,15-,16-,17-,18+,19+,20-,21+/m0/s1. The zero-order valence-corrected chi connectivity index (χ0v) is 18.7. The molecule has 0 aromatic carbocycles. The Labute approximate surface area is 184 Å². The van der Waals surface area contributed by atoms with Crippen molar-refractivity contribution < 1.29 is 49.2 Å². The van der Waals surface area contributed by atoms with E-state index in [0.29, 0.717) is 6.61 Å². The summed E-state index contributed by atoms with van der Waals surface area (Å²) in [5.41, 5.74) is 0. The van der Waals surface area contributed by atoms with Crippen LogP contribution in [0.5, 0.6) is 0 Å². The Morgan fingerprint density at radius 1 is 0.774 bits per heavy atom. The van der Waals surface area contributed by atoms with Crippen LogP contribution in [-0.4, -0.2) is 107 Å². The van der Waals surface area contributed by atoms with E-state index in [1.54, 1.807) is 6.92 Å². The van der Waals surface area contributed by atoms with Crippen molar-refractivity contribution >= 4 is 0 Å². The van der Waals surface area contributed by atoms with Crippen LogP contribution in [-0.2, 0) is 23.7 Å². The average Bonchev–Trinajstić information content (AvgIpc) is 2.75. The predicted octanol–water partition coefficient (Wildman–Crippen LogP) is -0.331. The molecule has 0 aliphatic carbocycles. The highest BCUT2D eigenvalue weighted by atomic mass is 16.8. The molecule has 2 fully saturated rings. The Morgan fingerprint density at radius 2 is 1.42 bits per heavy atom. The van der Waals surface area contributed by atoms with Crippen molar-refractivity contribution in [3.8, 4) is 0 Å². The van der Waals surface area contributed by atoms with Crippen molar-refractivity contribution in [2.75, 3.05) is 20.3 Å². The largest absolute Gasteiger partial charge is 0.394 e. The Balaban J connectivity index is 1.99. The van der Waals surface area contributed by atoms with Crippen LogP contribution in [0, 0.1) is 0 Å². The minimum absolute atomic E-state index is 0.344. The fraction of sp³-hybridized carbons (Fsp3) is 1.00. The maximum absolute atomic E-state index is 10.6. The highest BCUT2D eigenvalue weighted by molar-refractivity contribution is 4.93. The van der Waals surface area contributed by atoms with Gasteiger partial charge in [0, 0.05) is 13.7 Å². The third-order valence-corrected chi connectivity index (χ3v) is 5.94. The second-order valence-electron chi connectivity index (χ2n) is 8.34. The number of ether oxygens (including phenoxy) is 5. The van der Waals surface area contributed by atoms with Crippen molar-refractivity contribution in [1.82, 2.24) is 0 Å². The fourth-order valence-corrected chi connectivity index (χ4v) is 4.02. The van der Waals surface area contributed by atoms with E-state index in [0.717, 1.165) is 19.3 Å². The molecule has 10 heteroatoms. The van der Waals surface area contributed by atoms with Gasteiger partial charge in [0.15, 0.2) is 12.6 Å². The Hall–Kier alpha value is -0.400. The van der Waals surface area contributed by atoms with Crippen LogP contribution in [0.2, 0.25) is 0 Å². The zero-order valence-electron chi connectivity index (χ0n) is 18.7. The van der Waals surface area contributed by atoms with Crippen molar-refractivity contribution in [2.24, 2.45) is 0 Å². The number of aliphatic hydroxyl groups excluding tert-OH is 5. The summed E-state index contributed by atoms with van der Waals surface area (Å²) in [5, 5.41) is 51.0. The molecule has 2 saturated heterocycles. The van der Waals surface area contributed by atoms with E-state index in [4.69, 9.17) is 23.7 Å². The first-order valence-corrected chi connectivity index (χ1v) is 11.3. The van der Waals surface area contributed by atoms with Crippen LogP contribution < -0.4 is 0 Å². The minimum Gasteiger partial charge on any atom is -0.394 e. The van der Waals surface area contributed by atoms with Crippen molar-refractivity contribution in [3.05, 3.63) is 0 Å². The van der Waals surface area contributed by atoms with E-state index < -0.39 is 68.0 Å². The van der Waals surface area contributed by atoms with Gasteiger partial charge in [-0.25, -0.2) is 0 Å². The SMILES string of the molecule is CCCCCCCCO[C@@H]1O[C@H](CO)[C@H](O)[C@H](O)[C@H]1O[C@@H]1O[C@@H](C)[C@@H](OC)[C@@H](O)[C@@H]1O. The van der Waals surface area contributed by atoms with E-state index in [-0.39, 0.29) is 0 Å². The molecule has 2 rings (SSSR count). The summed E-state index contributed by atoms with van der Waals surface area (Å²) in [5.74, 6) is 0. The molecule has 2 aliphatic rings. The average molecular weight is 453 g/mol. The lowest BCUT2D eigenvalue weighted by molar-refractivity contribution is -0.365. The van der Waals surface area contributed by atoms with Crippen molar-refractivity contribution in [1.29, 1.82) is 0 Å². The van der Waals surface area contributed by atoms with Gasteiger partial charge in [-0.3, -0.25) is 0 Å². The smallest absolute Gasteiger partial charge is 0.187 e. The van der Waals surface area contributed by atoms with Crippen LogP contribution in [0.1, 0.15) is 52.4 Å². The number of hydrogen-bond donors (Lipinski definition) is 5. The van der Waals surface area contributed by atoms with E-state index in [1.165, 1.54) is 26.4 Å². The molecule has 10 atom stereocenters. The zero-order chi connectivity index (χ0) is 23.0. The molecule has 184 valence electrons. The Bertz CT molecular complexity index is 495. The summed E-state index contributed by atoms with van der Waals surface area (Å²) in [6.45, 7) is 3.66. The summed E-state index contributed by atoms with van der Waals surface area (Å²) in [4.78, 5) is 0.